The number of carbonyl (C=O) groups is 2. The van der Waals surface area contributed by atoms with Crippen LogP contribution in [0.3, 0.4) is 0 Å². The van der Waals surface area contributed by atoms with Crippen molar-refractivity contribution in [2.45, 2.75) is 89.3 Å². The van der Waals surface area contributed by atoms with Gasteiger partial charge in [0.05, 0.1) is 23.1 Å². The molecule has 1 unspecified atom stereocenters. The highest BCUT2D eigenvalue weighted by atomic mass is 35.5. The van der Waals surface area contributed by atoms with Crippen LogP contribution in [0.25, 0.3) is 0 Å². The lowest BCUT2D eigenvalue weighted by atomic mass is 10.00. The number of pyridine rings is 1. The van der Waals surface area contributed by atoms with Gasteiger partial charge in [0.2, 0.25) is 5.91 Å². The number of nitrogens with zero attached hydrogens (tertiary/aromatic N) is 1. The molecule has 4 N–H and O–H groups in total. The van der Waals surface area contributed by atoms with E-state index in [1.165, 1.54) is 12.3 Å². The maximum Gasteiger partial charge on any atom is 0.270 e. The summed E-state index contributed by atoms with van der Waals surface area (Å²) in [4.78, 5) is 30.9. The summed E-state index contributed by atoms with van der Waals surface area (Å²) in [5.74, 6) is -3.92. The lowest BCUT2D eigenvalue weighted by Gasteiger charge is -2.28. The molecule has 13 heteroatoms. The van der Waals surface area contributed by atoms with Gasteiger partial charge in [-0.3, -0.25) is 14.6 Å². The van der Waals surface area contributed by atoms with Crippen molar-refractivity contribution in [2.75, 3.05) is 12.3 Å². The van der Waals surface area contributed by atoms with Crippen molar-refractivity contribution in [2.24, 2.45) is 0 Å². The highest BCUT2D eigenvalue weighted by Crippen LogP contribution is 2.18. The number of amides is 2. The summed E-state index contributed by atoms with van der Waals surface area (Å²) in [6, 6.07) is 12.8. The van der Waals surface area contributed by atoms with Crippen LogP contribution in [0.15, 0.2) is 66.9 Å². The molecule has 3 rings (SSSR count). The summed E-state index contributed by atoms with van der Waals surface area (Å²) < 4.78 is 55.3. The first-order valence-electron chi connectivity index (χ1n) is 16.1. The van der Waals surface area contributed by atoms with E-state index in [1.54, 1.807) is 12.1 Å². The molecule has 0 aliphatic carbocycles. The summed E-state index contributed by atoms with van der Waals surface area (Å²) in [6.07, 6.45) is 2.88. The van der Waals surface area contributed by atoms with Gasteiger partial charge in [0, 0.05) is 25.4 Å². The Hall–Kier alpha value is -3.45. The van der Waals surface area contributed by atoms with Gasteiger partial charge in [-0.1, -0.05) is 63.9 Å². The molecule has 0 fully saturated rings. The lowest BCUT2D eigenvalue weighted by Crippen LogP contribution is -2.57. The molecule has 1 aromatic heterocycles. The standard InChI is InChI=1S/C35H46F2N4O5S.ClH/c1-4-10-29(11-5-2)47(45,46)23-32(41-34(43)30-14-7-8-15-39-30)35(44)40-31(19-26-17-27(36)20-28(37)18-26)33(42)22-38-21-25-13-9-12-24(6-3)16-25;/h7-9,12-18,20,29,31-33,38,42H,4-6,10-11,19,21-23H2,1-3H3,(H,40,44)(H,41,43);1H/t31-,32?,33+;/m0./s1. The van der Waals surface area contributed by atoms with Gasteiger partial charge in [0.25, 0.3) is 5.91 Å². The average molecular weight is 709 g/mol. The van der Waals surface area contributed by atoms with Crippen molar-refractivity contribution in [1.29, 1.82) is 0 Å². The number of nitrogens with one attached hydrogen (secondary N) is 3. The van der Waals surface area contributed by atoms with Crippen molar-refractivity contribution in [3.05, 3.63) is 101 Å². The number of halogens is 3. The van der Waals surface area contributed by atoms with E-state index in [4.69, 9.17) is 0 Å². The van der Waals surface area contributed by atoms with E-state index >= 15 is 0 Å². The van der Waals surface area contributed by atoms with Gasteiger partial charge in [-0.05, 0) is 66.6 Å². The number of hydrogen-bond acceptors (Lipinski definition) is 7. The molecule has 2 amide bonds. The zero-order valence-electron chi connectivity index (χ0n) is 27.6. The molecule has 1 heterocycles. The molecule has 0 saturated heterocycles. The molecule has 264 valence electrons. The second-order valence-corrected chi connectivity index (χ2v) is 14.1. The van der Waals surface area contributed by atoms with Crippen LogP contribution in [-0.2, 0) is 34.0 Å². The molecule has 0 bridgehead atoms. The van der Waals surface area contributed by atoms with Crippen molar-refractivity contribution in [1.82, 2.24) is 20.9 Å². The molecular weight excluding hydrogens is 662 g/mol. The van der Waals surface area contributed by atoms with Crippen molar-refractivity contribution < 1.29 is 31.9 Å². The second-order valence-electron chi connectivity index (χ2n) is 11.7. The third-order valence-electron chi connectivity index (χ3n) is 7.90. The second kappa shape index (κ2) is 20.2. The fourth-order valence-corrected chi connectivity index (χ4v) is 7.60. The summed E-state index contributed by atoms with van der Waals surface area (Å²) in [7, 11) is -3.87. The molecule has 0 saturated carbocycles. The van der Waals surface area contributed by atoms with Crippen LogP contribution < -0.4 is 16.0 Å². The van der Waals surface area contributed by atoms with Crippen LogP contribution in [0, 0.1) is 11.6 Å². The van der Waals surface area contributed by atoms with Crippen LogP contribution in [0.2, 0.25) is 0 Å². The molecule has 0 aliphatic heterocycles. The largest absolute Gasteiger partial charge is 0.390 e. The van der Waals surface area contributed by atoms with Gasteiger partial charge < -0.3 is 21.1 Å². The number of benzene rings is 2. The van der Waals surface area contributed by atoms with Gasteiger partial charge >= 0.3 is 0 Å². The highest BCUT2D eigenvalue weighted by molar-refractivity contribution is 7.92. The Labute approximate surface area is 288 Å². The summed E-state index contributed by atoms with van der Waals surface area (Å²) >= 11 is 0. The molecule has 0 aliphatic rings. The highest BCUT2D eigenvalue weighted by Gasteiger charge is 2.34. The summed E-state index contributed by atoms with van der Waals surface area (Å²) in [5, 5.41) is 18.9. The maximum absolute atomic E-state index is 14.1. The first kappa shape index (κ1) is 40.7. The van der Waals surface area contributed by atoms with Gasteiger partial charge in [-0.2, -0.15) is 0 Å². The number of aliphatic hydroxyl groups excluding tert-OH is 1. The smallest absolute Gasteiger partial charge is 0.270 e. The molecule has 0 radical (unpaired) electrons. The van der Waals surface area contributed by atoms with E-state index in [0.29, 0.717) is 32.2 Å². The zero-order chi connectivity index (χ0) is 34.4. The van der Waals surface area contributed by atoms with Crippen LogP contribution in [0.5, 0.6) is 0 Å². The Morgan fingerprint density at radius 2 is 1.54 bits per heavy atom. The number of sulfone groups is 1. The van der Waals surface area contributed by atoms with Crippen LogP contribution in [0.1, 0.15) is 73.6 Å². The number of rotatable bonds is 19. The van der Waals surface area contributed by atoms with E-state index in [0.717, 1.165) is 35.7 Å². The number of aryl methyl sites for hydroxylation is 1. The number of aromatic nitrogens is 1. The number of hydrogen-bond donors (Lipinski definition) is 4. The fourth-order valence-electron chi connectivity index (χ4n) is 5.44. The van der Waals surface area contributed by atoms with E-state index in [1.807, 2.05) is 45.0 Å². The Morgan fingerprint density at radius 1 is 0.875 bits per heavy atom. The van der Waals surface area contributed by atoms with E-state index < -0.39 is 62.5 Å². The minimum atomic E-state index is -3.87. The number of carbonyl (C=O) groups excluding carboxylic acids is 2. The SMILES string of the molecule is CCCC(CCC)S(=O)(=O)CC(NC(=O)c1ccccn1)C(=O)N[C@@H](Cc1cc(F)cc(F)c1)[C@H](O)CNCc1cccc(CC)c1.Cl. The monoisotopic (exact) mass is 708 g/mol. The van der Waals surface area contributed by atoms with Crippen molar-refractivity contribution in [3.8, 4) is 0 Å². The fraction of sp³-hybridized carbons (Fsp3) is 0.457. The molecular formula is C35H47ClF2N4O5S. The lowest BCUT2D eigenvalue weighted by molar-refractivity contribution is -0.124. The molecule has 3 atom stereocenters. The normalized spacial score (nSPS) is 13.3. The molecule has 3 aromatic rings. The third-order valence-corrected chi connectivity index (χ3v) is 10.2. The first-order valence-corrected chi connectivity index (χ1v) is 17.8. The maximum atomic E-state index is 14.1. The number of aliphatic hydroxyl groups is 1. The molecule has 2 aromatic carbocycles. The Morgan fingerprint density at radius 3 is 2.15 bits per heavy atom. The van der Waals surface area contributed by atoms with Gasteiger partial charge in [-0.15, -0.1) is 12.4 Å². The van der Waals surface area contributed by atoms with Gasteiger partial charge in [0.15, 0.2) is 9.84 Å². The molecule has 9 nitrogen and oxygen atoms in total. The minimum absolute atomic E-state index is 0. The average Bonchev–Trinajstić information content (AvgIpc) is 3.03. The summed E-state index contributed by atoms with van der Waals surface area (Å²) in [6.45, 7) is 6.21. The van der Waals surface area contributed by atoms with Crippen molar-refractivity contribution >= 4 is 34.1 Å². The minimum Gasteiger partial charge on any atom is -0.390 e. The zero-order valence-corrected chi connectivity index (χ0v) is 29.3. The van der Waals surface area contributed by atoms with Crippen LogP contribution in [0.4, 0.5) is 8.78 Å². The van der Waals surface area contributed by atoms with Crippen molar-refractivity contribution in [3.63, 3.8) is 0 Å². The summed E-state index contributed by atoms with van der Waals surface area (Å²) in [5.41, 5.74) is 2.30. The van der Waals surface area contributed by atoms with E-state index in [-0.39, 0.29) is 36.6 Å². The topological polar surface area (TPSA) is 137 Å². The van der Waals surface area contributed by atoms with Gasteiger partial charge in [-0.25, -0.2) is 17.2 Å². The van der Waals surface area contributed by atoms with E-state index in [9.17, 15) is 31.9 Å². The Balaban J connectivity index is 0.00000800. The Bertz CT molecular complexity index is 1540. The quantitative estimate of drug-likeness (QED) is 0.142. The Kier molecular flexibility index (Phi) is 17.1. The first-order chi connectivity index (χ1) is 22.4. The predicted molar refractivity (Wildman–Crippen MR) is 186 cm³/mol. The predicted octanol–water partition coefficient (Wildman–Crippen LogP) is 4.70. The third kappa shape index (κ3) is 12.9. The van der Waals surface area contributed by atoms with Crippen LogP contribution in [-0.4, -0.2) is 66.1 Å². The molecule has 48 heavy (non-hydrogen) atoms. The molecule has 0 spiro atoms. The van der Waals surface area contributed by atoms with E-state index in [2.05, 4.69) is 20.9 Å². The van der Waals surface area contributed by atoms with Crippen LogP contribution >= 0.6 is 12.4 Å². The van der Waals surface area contributed by atoms with Gasteiger partial charge in [0.1, 0.15) is 23.4 Å².